The Morgan fingerprint density at radius 2 is 2.00 bits per heavy atom. The normalized spacial score (nSPS) is 29.8. The molecule has 1 spiro atoms. The number of aromatic nitrogens is 1. The van der Waals surface area contributed by atoms with Crippen molar-refractivity contribution in [2.75, 3.05) is 20.2 Å². The number of carbonyl (C=O) groups excluding carboxylic acids is 1. The zero-order valence-electron chi connectivity index (χ0n) is 15.9. The Bertz CT molecular complexity index is 715. The Balaban J connectivity index is 1.26. The highest BCUT2D eigenvalue weighted by Crippen LogP contribution is 2.47. The van der Waals surface area contributed by atoms with Gasteiger partial charge in [-0.2, -0.15) is 0 Å². The Hall–Kier alpha value is -1.53. The fourth-order valence-corrected chi connectivity index (χ4v) is 4.94. The molecule has 2 heterocycles. The Morgan fingerprint density at radius 1 is 1.33 bits per heavy atom. The van der Waals surface area contributed by atoms with E-state index in [1.54, 1.807) is 26.3 Å². The van der Waals surface area contributed by atoms with Crippen LogP contribution in [0.25, 0.3) is 0 Å². The fourth-order valence-electron chi connectivity index (χ4n) is 4.79. The predicted octanol–water partition coefficient (Wildman–Crippen LogP) is 3.05. The summed E-state index contributed by atoms with van der Waals surface area (Å²) in [6, 6.07) is 1.71. The Kier molecular flexibility index (Phi) is 4.75. The van der Waals surface area contributed by atoms with Gasteiger partial charge in [0.1, 0.15) is 6.10 Å². The molecule has 3 aliphatic rings. The monoisotopic (exact) mass is 394 g/mol. The lowest BCUT2D eigenvalue weighted by Crippen LogP contribution is -2.63. The number of methoxy groups -OCH3 is 1. The molecule has 1 amide bonds. The minimum atomic E-state index is -0.644. The average molecular weight is 395 g/mol. The van der Waals surface area contributed by atoms with Crippen molar-refractivity contribution < 1.29 is 19.4 Å². The van der Waals surface area contributed by atoms with E-state index in [0.717, 1.165) is 38.8 Å². The van der Waals surface area contributed by atoms with Gasteiger partial charge < -0.3 is 19.5 Å². The van der Waals surface area contributed by atoms with Gasteiger partial charge in [0.25, 0.3) is 5.88 Å². The van der Waals surface area contributed by atoms with E-state index in [2.05, 4.69) is 4.98 Å². The molecule has 0 atom stereocenters. The van der Waals surface area contributed by atoms with Crippen LogP contribution in [-0.4, -0.2) is 52.8 Å². The van der Waals surface area contributed by atoms with Gasteiger partial charge in [0, 0.05) is 36.7 Å². The van der Waals surface area contributed by atoms with Gasteiger partial charge in [-0.3, -0.25) is 4.79 Å². The molecule has 1 aromatic heterocycles. The van der Waals surface area contributed by atoms with Gasteiger partial charge in [-0.1, -0.05) is 11.6 Å². The maximum Gasteiger partial charge on any atom is 0.257 e. The van der Waals surface area contributed by atoms with Crippen molar-refractivity contribution in [1.29, 1.82) is 0 Å². The lowest BCUT2D eigenvalue weighted by Gasteiger charge is -2.55. The number of carbonyl (C=O) groups is 1. The molecular formula is C20H27ClN2O4. The van der Waals surface area contributed by atoms with Crippen LogP contribution in [0.15, 0.2) is 12.3 Å². The molecule has 2 saturated carbocycles. The maximum atomic E-state index is 12.5. The summed E-state index contributed by atoms with van der Waals surface area (Å²) >= 11 is 5.95. The smallest absolute Gasteiger partial charge is 0.257 e. The highest BCUT2D eigenvalue weighted by atomic mass is 35.5. The molecule has 1 N–H and O–H groups in total. The zero-order valence-corrected chi connectivity index (χ0v) is 16.7. The van der Waals surface area contributed by atoms with E-state index in [-0.39, 0.29) is 23.3 Å². The molecular weight excluding hydrogens is 368 g/mol. The summed E-state index contributed by atoms with van der Waals surface area (Å²) in [7, 11) is 1.58. The second-order valence-electron chi connectivity index (χ2n) is 8.77. The van der Waals surface area contributed by atoms with Crippen molar-refractivity contribution in [3.8, 4) is 11.6 Å². The van der Waals surface area contributed by atoms with Crippen molar-refractivity contribution >= 4 is 17.5 Å². The summed E-state index contributed by atoms with van der Waals surface area (Å²) in [4.78, 5) is 18.7. The number of aliphatic hydroxyl groups is 1. The first-order valence-electron chi connectivity index (χ1n) is 9.67. The zero-order chi connectivity index (χ0) is 19.2. The summed E-state index contributed by atoms with van der Waals surface area (Å²) in [5, 5.41) is 10.4. The lowest BCUT2D eigenvalue weighted by molar-refractivity contribution is -0.164. The van der Waals surface area contributed by atoms with Crippen molar-refractivity contribution in [3.63, 3.8) is 0 Å². The number of amides is 1. The number of hydrogen-bond donors (Lipinski definition) is 1. The minimum Gasteiger partial charge on any atom is -0.491 e. The number of ether oxygens (including phenoxy) is 2. The molecule has 1 saturated heterocycles. The second-order valence-corrected chi connectivity index (χ2v) is 9.21. The molecule has 1 aliphatic heterocycles. The number of hydrogen-bond acceptors (Lipinski definition) is 5. The number of halogens is 1. The minimum absolute atomic E-state index is 0.0143. The van der Waals surface area contributed by atoms with Crippen LogP contribution in [0.3, 0.4) is 0 Å². The standard InChI is InChI=1S/C20H27ClN2O4/c1-19(25)8-13(9-19)18(24)23-11-20(12-23)5-3-15(4-6-20)27-17-16(26-2)7-14(21)10-22-17/h7,10,13,15,25H,3-6,8-9,11-12H2,1-2H3. The van der Waals surface area contributed by atoms with E-state index in [4.69, 9.17) is 21.1 Å². The average Bonchev–Trinajstić information content (AvgIpc) is 2.59. The van der Waals surface area contributed by atoms with Crippen LogP contribution in [-0.2, 0) is 4.79 Å². The van der Waals surface area contributed by atoms with E-state index in [9.17, 15) is 9.90 Å². The summed E-state index contributed by atoms with van der Waals surface area (Å²) in [5.41, 5.74) is -0.395. The van der Waals surface area contributed by atoms with Crippen LogP contribution < -0.4 is 9.47 Å². The van der Waals surface area contributed by atoms with Crippen molar-refractivity contribution in [3.05, 3.63) is 17.3 Å². The van der Waals surface area contributed by atoms with Gasteiger partial charge in [-0.15, -0.1) is 0 Å². The van der Waals surface area contributed by atoms with Crippen LogP contribution in [0.2, 0.25) is 5.02 Å². The molecule has 3 fully saturated rings. The van der Waals surface area contributed by atoms with Gasteiger partial charge >= 0.3 is 0 Å². The van der Waals surface area contributed by atoms with E-state index in [0.29, 0.717) is 29.5 Å². The lowest BCUT2D eigenvalue weighted by atomic mass is 9.66. The number of rotatable bonds is 4. The quantitative estimate of drug-likeness (QED) is 0.849. The van der Waals surface area contributed by atoms with E-state index >= 15 is 0 Å². The van der Waals surface area contributed by atoms with Crippen molar-refractivity contribution in [1.82, 2.24) is 9.88 Å². The molecule has 4 rings (SSSR count). The first kappa shape index (κ1) is 18.8. The summed E-state index contributed by atoms with van der Waals surface area (Å²) in [6.45, 7) is 3.50. The number of pyridine rings is 1. The van der Waals surface area contributed by atoms with Gasteiger partial charge in [0.2, 0.25) is 5.91 Å². The third-order valence-electron chi connectivity index (χ3n) is 6.36. The molecule has 2 aliphatic carbocycles. The Morgan fingerprint density at radius 3 is 2.59 bits per heavy atom. The van der Waals surface area contributed by atoms with Gasteiger partial charge in [-0.05, 0) is 45.4 Å². The van der Waals surface area contributed by atoms with Crippen LogP contribution >= 0.6 is 11.6 Å². The Labute approximate surface area is 164 Å². The topological polar surface area (TPSA) is 71.9 Å². The van der Waals surface area contributed by atoms with E-state index in [1.165, 1.54) is 0 Å². The van der Waals surface area contributed by atoms with Crippen LogP contribution in [0.5, 0.6) is 11.6 Å². The molecule has 1 aromatic rings. The number of likely N-dealkylation sites (tertiary alicyclic amines) is 1. The van der Waals surface area contributed by atoms with Gasteiger partial charge in [0.15, 0.2) is 5.75 Å². The first-order chi connectivity index (χ1) is 12.8. The third kappa shape index (κ3) is 3.74. The maximum absolute atomic E-state index is 12.5. The summed E-state index contributed by atoms with van der Waals surface area (Å²) < 4.78 is 11.4. The van der Waals surface area contributed by atoms with Crippen LogP contribution in [0.1, 0.15) is 45.4 Å². The molecule has 0 aromatic carbocycles. The number of nitrogens with zero attached hydrogens (tertiary/aromatic N) is 2. The SMILES string of the molecule is COc1cc(Cl)cnc1OC1CCC2(CC1)CN(C(=O)C1CC(C)(O)C1)C2. The van der Waals surface area contributed by atoms with Crippen molar-refractivity contribution in [2.45, 2.75) is 57.2 Å². The van der Waals surface area contributed by atoms with Crippen LogP contribution in [0.4, 0.5) is 0 Å². The van der Waals surface area contributed by atoms with Gasteiger partial charge in [-0.25, -0.2) is 4.98 Å². The molecule has 148 valence electrons. The summed E-state index contributed by atoms with van der Waals surface area (Å²) in [6.07, 6.45) is 6.89. The largest absolute Gasteiger partial charge is 0.491 e. The molecule has 0 radical (unpaired) electrons. The van der Waals surface area contributed by atoms with Gasteiger partial charge in [0.05, 0.1) is 17.7 Å². The highest BCUT2D eigenvalue weighted by Gasteiger charge is 2.51. The molecule has 7 heteroatoms. The van der Waals surface area contributed by atoms with E-state index in [1.807, 2.05) is 4.90 Å². The fraction of sp³-hybridized carbons (Fsp3) is 0.700. The predicted molar refractivity (Wildman–Crippen MR) is 101 cm³/mol. The third-order valence-corrected chi connectivity index (χ3v) is 6.57. The summed E-state index contributed by atoms with van der Waals surface area (Å²) in [5.74, 6) is 1.28. The second kappa shape index (κ2) is 6.82. The first-order valence-corrected chi connectivity index (χ1v) is 10.0. The van der Waals surface area contributed by atoms with E-state index < -0.39 is 5.60 Å². The van der Waals surface area contributed by atoms with Crippen LogP contribution in [0, 0.1) is 11.3 Å². The molecule has 0 unspecified atom stereocenters. The highest BCUT2D eigenvalue weighted by molar-refractivity contribution is 6.30. The molecule has 27 heavy (non-hydrogen) atoms. The molecule has 0 bridgehead atoms. The molecule has 6 nitrogen and oxygen atoms in total. The van der Waals surface area contributed by atoms with Crippen molar-refractivity contribution in [2.24, 2.45) is 11.3 Å².